The summed E-state index contributed by atoms with van der Waals surface area (Å²) in [6, 6.07) is 0. The summed E-state index contributed by atoms with van der Waals surface area (Å²) in [7, 11) is 1.42. The molecule has 4 unspecified atom stereocenters. The normalized spacial score (nSPS) is 14.5. The van der Waals surface area contributed by atoms with E-state index in [1.165, 1.54) is 7.11 Å². The minimum atomic E-state index is -0.899. The van der Waals surface area contributed by atoms with Crippen molar-refractivity contribution < 1.29 is 82.3 Å². The van der Waals surface area contributed by atoms with Crippen molar-refractivity contribution in [3.8, 4) is 0 Å². The van der Waals surface area contributed by atoms with Gasteiger partial charge in [0.1, 0.15) is 0 Å². The van der Waals surface area contributed by atoms with Gasteiger partial charge < -0.3 is 59.6 Å². The Kier molecular flexibility index (Phi) is 40.4. The van der Waals surface area contributed by atoms with Crippen LogP contribution in [0.15, 0.2) is 0 Å². The number of rotatable bonds is 6. The summed E-state index contributed by atoms with van der Waals surface area (Å²) in [4.78, 5) is 0. The standard InChI is InChI=1S/C11H24O3.C8H18O3.4CH3.2Zr/c1-10(2,3)8(12)7-9(13)14-11(4,5)6;1-8(2,3)6(9)5-7(10)11-4;;;;;;/h8-9,12-13H,7H2,1-6H3;6-7,9-10H,5H2,1-4H3;4*1H3;;/q;;4*-1;2*+2. The summed E-state index contributed by atoms with van der Waals surface area (Å²) >= 11 is 0. The van der Waals surface area contributed by atoms with Gasteiger partial charge in [-0.3, -0.25) is 0 Å². The number of ether oxygens (including phenoxy) is 2. The van der Waals surface area contributed by atoms with Crippen molar-refractivity contribution in [1.82, 2.24) is 0 Å². The van der Waals surface area contributed by atoms with E-state index in [2.05, 4.69) is 4.74 Å². The van der Waals surface area contributed by atoms with Crippen LogP contribution in [0.4, 0.5) is 0 Å². The maximum Gasteiger partial charge on any atom is 2.00 e. The number of hydrogen-bond donors (Lipinski definition) is 4. The molecule has 0 rings (SSSR count). The van der Waals surface area contributed by atoms with E-state index < -0.39 is 24.8 Å². The second kappa shape index (κ2) is 23.3. The molecule has 0 aromatic heterocycles. The van der Waals surface area contributed by atoms with Crippen LogP contribution < -0.4 is 0 Å². The first-order chi connectivity index (χ1) is 10.9. The SMILES string of the molecule is CC(C)(C)OC(O)CC(O)C(C)(C)C.COC(O)CC(O)C(C)(C)C.[CH3-].[CH3-].[CH3-].[CH3-].[Zr+2].[Zr+2]. The smallest absolute Gasteiger partial charge is 0.392 e. The summed E-state index contributed by atoms with van der Waals surface area (Å²) in [6.45, 7) is 17.2. The third-order valence-electron chi connectivity index (χ3n) is 3.61. The van der Waals surface area contributed by atoms with Gasteiger partial charge in [-0.1, -0.05) is 41.5 Å². The molecular weight excluding hydrogens is 555 g/mol. The second-order valence-corrected chi connectivity index (χ2v) is 9.61. The third-order valence-corrected chi connectivity index (χ3v) is 3.61. The van der Waals surface area contributed by atoms with Crippen molar-refractivity contribution in [3.05, 3.63) is 29.7 Å². The van der Waals surface area contributed by atoms with E-state index in [-0.39, 0.29) is 111 Å². The monoisotopic (exact) mass is 606 g/mol. The van der Waals surface area contributed by atoms with Crippen LogP contribution in [-0.2, 0) is 61.9 Å². The maximum atomic E-state index is 9.71. The number of aliphatic hydroxyl groups is 4. The molecule has 4 atom stereocenters. The fourth-order valence-electron chi connectivity index (χ4n) is 1.64. The Morgan fingerprint density at radius 3 is 1.03 bits per heavy atom. The fourth-order valence-corrected chi connectivity index (χ4v) is 1.64. The van der Waals surface area contributed by atoms with Gasteiger partial charge in [-0.2, -0.15) is 0 Å². The van der Waals surface area contributed by atoms with Gasteiger partial charge in [0.15, 0.2) is 12.6 Å². The van der Waals surface area contributed by atoms with E-state index in [0.717, 1.165) is 0 Å². The van der Waals surface area contributed by atoms with Crippen LogP contribution in [0, 0.1) is 40.5 Å². The van der Waals surface area contributed by atoms with Crippen LogP contribution in [0.25, 0.3) is 0 Å². The Morgan fingerprint density at radius 1 is 0.581 bits per heavy atom. The molecule has 0 saturated heterocycles. The van der Waals surface area contributed by atoms with Gasteiger partial charge in [0, 0.05) is 20.0 Å². The average molecular weight is 609 g/mol. The van der Waals surface area contributed by atoms with Crippen LogP contribution in [0.3, 0.4) is 0 Å². The van der Waals surface area contributed by atoms with E-state index >= 15 is 0 Å². The van der Waals surface area contributed by atoms with E-state index in [1.807, 2.05) is 62.3 Å². The summed E-state index contributed by atoms with van der Waals surface area (Å²) in [5.74, 6) is 0. The topological polar surface area (TPSA) is 99.4 Å². The zero-order chi connectivity index (χ0) is 20.6. The molecule has 0 saturated carbocycles. The van der Waals surface area contributed by atoms with Gasteiger partial charge in [-0.05, 0) is 31.6 Å². The van der Waals surface area contributed by atoms with Gasteiger partial charge in [0.2, 0.25) is 0 Å². The molecule has 0 aromatic carbocycles. The molecule has 4 N–H and O–H groups in total. The van der Waals surface area contributed by atoms with Crippen molar-refractivity contribution in [2.45, 2.75) is 106 Å². The van der Waals surface area contributed by atoms with Crippen molar-refractivity contribution in [3.63, 3.8) is 0 Å². The van der Waals surface area contributed by atoms with Crippen LogP contribution in [0.5, 0.6) is 0 Å². The van der Waals surface area contributed by atoms with Crippen LogP contribution in [-0.4, -0.2) is 57.9 Å². The largest absolute Gasteiger partial charge is 2.00 e. The van der Waals surface area contributed by atoms with Crippen LogP contribution in [0.2, 0.25) is 0 Å². The first-order valence-electron chi connectivity index (χ1n) is 8.83. The summed E-state index contributed by atoms with van der Waals surface area (Å²) < 4.78 is 9.91. The molecule has 0 aliphatic rings. The molecule has 0 spiro atoms. The molecule has 0 amide bonds. The van der Waals surface area contributed by atoms with Crippen LogP contribution in [0.1, 0.15) is 75.2 Å². The summed E-state index contributed by atoms with van der Waals surface area (Å²) in [5.41, 5.74) is -0.793. The molecule has 0 aromatic rings. The van der Waals surface area contributed by atoms with Crippen molar-refractivity contribution >= 4 is 0 Å². The third kappa shape index (κ3) is 33.8. The molecule has 0 heterocycles. The summed E-state index contributed by atoms with van der Waals surface area (Å²) in [6.07, 6.45) is -2.33. The molecule has 0 aliphatic carbocycles. The molecule has 8 heteroatoms. The Balaban J connectivity index is -0.0000000485. The van der Waals surface area contributed by atoms with E-state index in [1.54, 1.807) is 0 Å². The van der Waals surface area contributed by atoms with E-state index in [9.17, 15) is 15.3 Å². The summed E-state index contributed by atoms with van der Waals surface area (Å²) in [5, 5.41) is 37.7. The second-order valence-electron chi connectivity index (χ2n) is 9.61. The Labute approximate surface area is 234 Å². The molecule has 0 aliphatic heterocycles. The quantitative estimate of drug-likeness (QED) is 0.263. The molecular formula is C23H54O6Zr2. The number of aliphatic hydroxyl groups excluding tert-OH is 4. The van der Waals surface area contributed by atoms with Crippen molar-refractivity contribution in [2.24, 2.45) is 10.8 Å². The van der Waals surface area contributed by atoms with Crippen LogP contribution >= 0.6 is 0 Å². The first kappa shape index (κ1) is 53.7. The van der Waals surface area contributed by atoms with Gasteiger partial charge in [-0.25, -0.2) is 0 Å². The predicted molar refractivity (Wildman–Crippen MR) is 126 cm³/mol. The number of methoxy groups -OCH3 is 1. The Morgan fingerprint density at radius 2 is 0.839 bits per heavy atom. The molecule has 0 bridgehead atoms. The zero-order valence-electron chi connectivity index (χ0n) is 22.8. The van der Waals surface area contributed by atoms with Gasteiger partial charge in [0.25, 0.3) is 0 Å². The Hall–Kier alpha value is 1.53. The average Bonchev–Trinajstić information content (AvgIpc) is 2.34. The molecule has 31 heavy (non-hydrogen) atoms. The molecule has 6 nitrogen and oxygen atoms in total. The van der Waals surface area contributed by atoms with Gasteiger partial charge >= 0.3 is 52.4 Å². The van der Waals surface area contributed by atoms with Crippen molar-refractivity contribution in [1.29, 1.82) is 0 Å². The van der Waals surface area contributed by atoms with Gasteiger partial charge in [-0.15, -0.1) is 0 Å². The predicted octanol–water partition coefficient (Wildman–Crippen LogP) is 4.46. The molecule has 0 radical (unpaired) electrons. The minimum absolute atomic E-state index is 0. The van der Waals surface area contributed by atoms with Gasteiger partial charge in [0.05, 0.1) is 17.8 Å². The van der Waals surface area contributed by atoms with E-state index in [4.69, 9.17) is 9.84 Å². The minimum Gasteiger partial charge on any atom is -0.392 e. The van der Waals surface area contributed by atoms with Crippen molar-refractivity contribution in [2.75, 3.05) is 7.11 Å². The zero-order valence-corrected chi connectivity index (χ0v) is 27.7. The Bertz CT molecular complexity index is 349. The molecule has 0 fully saturated rings. The fraction of sp³-hybridized carbons (Fsp3) is 0.826. The molecule has 190 valence electrons. The maximum absolute atomic E-state index is 9.71. The van der Waals surface area contributed by atoms with E-state index in [0.29, 0.717) is 0 Å². The first-order valence-corrected chi connectivity index (χ1v) is 8.83. The number of hydrogen-bond acceptors (Lipinski definition) is 6.